The maximum atomic E-state index is 10.3. The smallest absolute Gasteiger partial charge is 0.160 e. The van der Waals surface area contributed by atoms with Gasteiger partial charge in [-0.3, -0.25) is 4.98 Å². The van der Waals surface area contributed by atoms with E-state index < -0.39 is 0 Å². The molecule has 0 saturated carbocycles. The maximum absolute atomic E-state index is 10.3. The highest BCUT2D eigenvalue weighted by Crippen LogP contribution is 2.50. The van der Waals surface area contributed by atoms with Gasteiger partial charge in [-0.05, 0) is 60.5 Å². The fraction of sp³-hybridized carbons (Fsp3) is 0.389. The molecular formula is C18H20N2O2. The fourth-order valence-electron chi connectivity index (χ4n) is 4.25. The lowest BCUT2D eigenvalue weighted by atomic mass is 9.64. The molecule has 4 nitrogen and oxygen atoms in total. The van der Waals surface area contributed by atoms with Crippen LogP contribution in [-0.2, 0) is 6.42 Å². The van der Waals surface area contributed by atoms with Crippen LogP contribution in [0, 0.1) is 5.92 Å². The van der Waals surface area contributed by atoms with Gasteiger partial charge in [0.1, 0.15) is 0 Å². The number of hydrogen-bond acceptors (Lipinski definition) is 4. The molecule has 3 unspecified atom stereocenters. The first-order valence-corrected chi connectivity index (χ1v) is 7.90. The van der Waals surface area contributed by atoms with Crippen molar-refractivity contribution in [2.75, 3.05) is 13.1 Å². The van der Waals surface area contributed by atoms with Crippen molar-refractivity contribution < 1.29 is 10.2 Å². The van der Waals surface area contributed by atoms with Crippen molar-refractivity contribution in [3.63, 3.8) is 0 Å². The molecule has 1 saturated heterocycles. The van der Waals surface area contributed by atoms with Gasteiger partial charge in [-0.25, -0.2) is 0 Å². The Morgan fingerprint density at radius 2 is 1.86 bits per heavy atom. The number of rotatable bonds is 1. The lowest BCUT2D eigenvalue weighted by Gasteiger charge is -2.43. The Balaban J connectivity index is 1.83. The van der Waals surface area contributed by atoms with Gasteiger partial charge in [-0.1, -0.05) is 6.07 Å². The summed E-state index contributed by atoms with van der Waals surface area (Å²) < 4.78 is 0. The molecule has 1 aromatic heterocycles. The van der Waals surface area contributed by atoms with Crippen LogP contribution in [0.3, 0.4) is 0 Å². The van der Waals surface area contributed by atoms with Gasteiger partial charge in [0, 0.05) is 30.4 Å². The lowest BCUT2D eigenvalue weighted by molar-refractivity contribution is 0.253. The molecule has 4 heteroatoms. The van der Waals surface area contributed by atoms with Crippen molar-refractivity contribution in [1.82, 2.24) is 10.3 Å². The maximum Gasteiger partial charge on any atom is 0.160 e. The summed E-state index contributed by atoms with van der Waals surface area (Å²) in [6, 6.07) is 7.76. The highest BCUT2D eigenvalue weighted by Gasteiger charge is 2.40. The van der Waals surface area contributed by atoms with E-state index in [1.807, 2.05) is 18.5 Å². The van der Waals surface area contributed by atoms with Gasteiger partial charge in [0.25, 0.3) is 0 Å². The highest BCUT2D eigenvalue weighted by atomic mass is 16.3. The van der Waals surface area contributed by atoms with E-state index in [2.05, 4.69) is 22.4 Å². The largest absolute Gasteiger partial charge is 0.504 e. The van der Waals surface area contributed by atoms with Crippen LogP contribution in [0.5, 0.6) is 11.5 Å². The molecule has 2 heterocycles. The van der Waals surface area contributed by atoms with Gasteiger partial charge in [0.05, 0.1) is 0 Å². The average molecular weight is 296 g/mol. The van der Waals surface area contributed by atoms with Crippen LogP contribution < -0.4 is 5.32 Å². The van der Waals surface area contributed by atoms with Crippen molar-refractivity contribution in [2.24, 2.45) is 5.92 Å². The Labute approximate surface area is 129 Å². The van der Waals surface area contributed by atoms with Gasteiger partial charge in [-0.2, -0.15) is 0 Å². The van der Waals surface area contributed by atoms with Gasteiger partial charge in [0.15, 0.2) is 11.5 Å². The highest BCUT2D eigenvalue weighted by molar-refractivity contribution is 5.53. The van der Waals surface area contributed by atoms with E-state index in [4.69, 9.17) is 0 Å². The van der Waals surface area contributed by atoms with Crippen molar-refractivity contribution in [3.8, 4) is 11.5 Å². The van der Waals surface area contributed by atoms with Crippen molar-refractivity contribution in [2.45, 2.75) is 24.7 Å². The minimum atomic E-state index is -0.0190. The number of piperidine rings is 1. The Kier molecular flexibility index (Phi) is 3.26. The number of aromatic hydroxyl groups is 2. The molecule has 114 valence electrons. The Morgan fingerprint density at radius 3 is 2.68 bits per heavy atom. The standard InChI is InChI=1S/C18H20N2O2/c21-17-2-1-12-15(18(17)22)9-14(11-3-6-19-7-4-11)13-5-8-20-10-16(12)13/h1-4,6-7,13-14,16,20-22H,5,8-10H2. The molecule has 0 amide bonds. The van der Waals surface area contributed by atoms with Crippen LogP contribution in [-0.4, -0.2) is 28.3 Å². The summed E-state index contributed by atoms with van der Waals surface area (Å²) in [4.78, 5) is 4.12. The normalized spacial score (nSPS) is 27.0. The first-order chi connectivity index (χ1) is 10.8. The zero-order chi connectivity index (χ0) is 15.1. The molecule has 0 bridgehead atoms. The van der Waals surface area contributed by atoms with Gasteiger partial charge in [0.2, 0.25) is 0 Å². The second-order valence-corrected chi connectivity index (χ2v) is 6.36. The predicted octanol–water partition coefficient (Wildman–Crippen LogP) is 2.53. The summed E-state index contributed by atoms with van der Waals surface area (Å²) in [6.45, 7) is 1.98. The molecule has 1 aromatic carbocycles. The molecule has 2 aromatic rings. The fourth-order valence-corrected chi connectivity index (χ4v) is 4.25. The number of pyridine rings is 1. The molecular weight excluding hydrogens is 276 g/mol. The number of benzene rings is 1. The molecule has 4 rings (SSSR count). The molecule has 1 aliphatic carbocycles. The van der Waals surface area contributed by atoms with Gasteiger partial charge < -0.3 is 15.5 Å². The minimum absolute atomic E-state index is 0.0190. The lowest BCUT2D eigenvalue weighted by Crippen LogP contribution is -2.41. The number of phenolic OH excluding ortho intramolecular Hbond substituents is 2. The molecule has 22 heavy (non-hydrogen) atoms. The predicted molar refractivity (Wildman–Crippen MR) is 84.2 cm³/mol. The first-order valence-electron chi connectivity index (χ1n) is 7.90. The summed E-state index contributed by atoms with van der Waals surface area (Å²) in [5.74, 6) is 1.37. The molecule has 0 radical (unpaired) electrons. The van der Waals surface area contributed by atoms with Crippen molar-refractivity contribution in [1.29, 1.82) is 0 Å². The third-order valence-corrected chi connectivity index (χ3v) is 5.31. The topological polar surface area (TPSA) is 65.4 Å². The first kappa shape index (κ1) is 13.6. The molecule has 1 aliphatic heterocycles. The third-order valence-electron chi connectivity index (χ3n) is 5.31. The number of nitrogens with zero attached hydrogens (tertiary/aromatic N) is 1. The summed E-state index contributed by atoms with van der Waals surface area (Å²) in [5.41, 5.74) is 3.38. The Hall–Kier alpha value is -2.07. The summed E-state index contributed by atoms with van der Waals surface area (Å²) >= 11 is 0. The van der Waals surface area contributed by atoms with Crippen molar-refractivity contribution >= 4 is 0 Å². The van der Waals surface area contributed by atoms with Gasteiger partial charge in [-0.15, -0.1) is 0 Å². The summed E-state index contributed by atoms with van der Waals surface area (Å²) in [5, 5.41) is 23.6. The molecule has 3 atom stereocenters. The average Bonchev–Trinajstić information content (AvgIpc) is 2.58. The molecule has 0 spiro atoms. The zero-order valence-corrected chi connectivity index (χ0v) is 12.4. The van der Waals surface area contributed by atoms with E-state index in [1.54, 1.807) is 6.07 Å². The zero-order valence-electron chi connectivity index (χ0n) is 12.4. The van der Waals surface area contributed by atoms with E-state index in [0.717, 1.165) is 31.5 Å². The van der Waals surface area contributed by atoms with Crippen molar-refractivity contribution in [3.05, 3.63) is 53.3 Å². The van der Waals surface area contributed by atoms with E-state index in [0.29, 0.717) is 17.8 Å². The minimum Gasteiger partial charge on any atom is -0.504 e. The van der Waals surface area contributed by atoms with Crippen LogP contribution in [0.15, 0.2) is 36.7 Å². The monoisotopic (exact) mass is 296 g/mol. The number of aromatic nitrogens is 1. The second-order valence-electron chi connectivity index (χ2n) is 6.36. The van der Waals surface area contributed by atoms with Crippen LogP contribution in [0.4, 0.5) is 0 Å². The van der Waals surface area contributed by atoms with Gasteiger partial charge >= 0.3 is 0 Å². The Bertz CT molecular complexity index is 687. The SMILES string of the molecule is Oc1ccc2c(c1O)CC(c1ccncc1)C1CCNCC21. The van der Waals surface area contributed by atoms with Crippen LogP contribution in [0.25, 0.3) is 0 Å². The van der Waals surface area contributed by atoms with E-state index in [9.17, 15) is 10.2 Å². The Morgan fingerprint density at radius 1 is 1.05 bits per heavy atom. The molecule has 2 aliphatic rings. The number of hydrogen-bond donors (Lipinski definition) is 3. The van der Waals surface area contributed by atoms with E-state index in [1.165, 1.54) is 11.1 Å². The second kappa shape index (κ2) is 5.29. The van der Waals surface area contributed by atoms with Crippen LogP contribution in [0.2, 0.25) is 0 Å². The van der Waals surface area contributed by atoms with E-state index in [-0.39, 0.29) is 11.5 Å². The summed E-state index contributed by atoms with van der Waals surface area (Å²) in [7, 11) is 0. The summed E-state index contributed by atoms with van der Waals surface area (Å²) in [6.07, 6.45) is 5.59. The van der Waals surface area contributed by atoms with E-state index >= 15 is 0 Å². The quantitative estimate of drug-likeness (QED) is 0.708. The molecule has 1 fully saturated rings. The number of nitrogens with one attached hydrogen (secondary N) is 1. The number of fused-ring (bicyclic) bond motifs is 3. The van der Waals surface area contributed by atoms with Crippen LogP contribution >= 0.6 is 0 Å². The number of phenols is 2. The molecule has 3 N–H and O–H groups in total. The third kappa shape index (κ3) is 2.06. The van der Waals surface area contributed by atoms with Crippen LogP contribution in [0.1, 0.15) is 34.9 Å².